The fourth-order valence-corrected chi connectivity index (χ4v) is 2.21. The van der Waals surface area contributed by atoms with E-state index in [0.29, 0.717) is 5.56 Å². The summed E-state index contributed by atoms with van der Waals surface area (Å²) in [6.45, 7) is 3.99. The highest BCUT2D eigenvalue weighted by Crippen LogP contribution is 2.16. The third-order valence-corrected chi connectivity index (χ3v) is 3.49. The van der Waals surface area contributed by atoms with Crippen molar-refractivity contribution in [2.45, 2.75) is 20.3 Å². The number of aliphatic carboxylic acids is 1. The molecule has 0 unspecified atom stereocenters. The zero-order chi connectivity index (χ0) is 16.3. The minimum absolute atomic E-state index is 0.0761. The van der Waals surface area contributed by atoms with Crippen LogP contribution in [0.4, 0.5) is 0 Å². The second-order valence-electron chi connectivity index (χ2n) is 5.26. The van der Waals surface area contributed by atoms with E-state index in [1.54, 1.807) is 11.7 Å². The normalized spacial score (nSPS) is 10.5. The van der Waals surface area contributed by atoms with Gasteiger partial charge in [-0.15, -0.1) is 0 Å². The van der Waals surface area contributed by atoms with Crippen LogP contribution in [0.1, 0.15) is 28.0 Å². The minimum Gasteiger partial charge on any atom is -0.481 e. The van der Waals surface area contributed by atoms with Gasteiger partial charge in [-0.3, -0.25) is 9.59 Å². The summed E-state index contributed by atoms with van der Waals surface area (Å²) >= 11 is 0. The maximum absolute atomic E-state index is 12.4. The first kappa shape index (κ1) is 15.8. The Labute approximate surface area is 129 Å². The Bertz CT molecular complexity index is 706. The van der Waals surface area contributed by atoms with Crippen molar-refractivity contribution in [3.8, 4) is 5.69 Å². The maximum atomic E-state index is 12.4. The van der Waals surface area contributed by atoms with Crippen LogP contribution >= 0.6 is 0 Å². The quantitative estimate of drug-likeness (QED) is 0.917. The number of benzene rings is 1. The van der Waals surface area contributed by atoms with E-state index in [1.807, 2.05) is 38.1 Å². The Balaban J connectivity index is 2.24. The van der Waals surface area contributed by atoms with Crippen LogP contribution in [0, 0.1) is 13.8 Å². The largest absolute Gasteiger partial charge is 0.481 e. The molecule has 22 heavy (non-hydrogen) atoms. The standard InChI is InChI=1S/C16H19N3O3/c1-11-5-4-6-13(9-11)19-12(2)14(10-17-19)16(22)18(3)8-7-15(20)21/h4-6,9-10H,7-8H2,1-3H3,(H,20,21). The van der Waals surface area contributed by atoms with Crippen LogP contribution in [-0.2, 0) is 4.79 Å². The SMILES string of the molecule is Cc1cccc(-n2ncc(C(=O)N(C)CCC(=O)O)c2C)c1. The van der Waals surface area contributed by atoms with Gasteiger partial charge in [-0.05, 0) is 31.5 Å². The van der Waals surface area contributed by atoms with Gasteiger partial charge in [-0.2, -0.15) is 5.10 Å². The molecular weight excluding hydrogens is 282 g/mol. The van der Waals surface area contributed by atoms with Gasteiger partial charge in [0.05, 0.1) is 29.6 Å². The monoisotopic (exact) mass is 301 g/mol. The van der Waals surface area contributed by atoms with Crippen LogP contribution in [0.15, 0.2) is 30.5 Å². The lowest BCUT2D eigenvalue weighted by molar-refractivity contribution is -0.137. The molecule has 0 radical (unpaired) electrons. The second-order valence-corrected chi connectivity index (χ2v) is 5.26. The molecule has 1 amide bonds. The first-order chi connectivity index (χ1) is 10.4. The fourth-order valence-electron chi connectivity index (χ4n) is 2.21. The van der Waals surface area contributed by atoms with Crippen LogP contribution < -0.4 is 0 Å². The molecule has 0 spiro atoms. The molecule has 0 aliphatic carbocycles. The number of aryl methyl sites for hydroxylation is 1. The maximum Gasteiger partial charge on any atom is 0.305 e. The highest BCUT2D eigenvalue weighted by Gasteiger charge is 2.19. The summed E-state index contributed by atoms with van der Waals surface area (Å²) in [6.07, 6.45) is 1.45. The van der Waals surface area contributed by atoms with Crippen LogP contribution in [0.3, 0.4) is 0 Å². The molecule has 0 saturated carbocycles. The molecule has 0 aliphatic heterocycles. The van der Waals surface area contributed by atoms with Crippen LogP contribution in [0.5, 0.6) is 0 Å². The van der Waals surface area contributed by atoms with Gasteiger partial charge >= 0.3 is 5.97 Å². The molecule has 0 atom stereocenters. The third kappa shape index (κ3) is 3.33. The highest BCUT2D eigenvalue weighted by molar-refractivity contribution is 5.95. The molecule has 6 nitrogen and oxygen atoms in total. The van der Waals surface area contributed by atoms with Gasteiger partial charge in [-0.1, -0.05) is 12.1 Å². The smallest absolute Gasteiger partial charge is 0.305 e. The van der Waals surface area contributed by atoms with Crippen molar-refractivity contribution < 1.29 is 14.7 Å². The number of amides is 1. The Kier molecular flexibility index (Phi) is 4.60. The summed E-state index contributed by atoms with van der Waals surface area (Å²) in [4.78, 5) is 24.4. The van der Waals surface area contributed by atoms with E-state index >= 15 is 0 Å². The summed E-state index contributed by atoms with van der Waals surface area (Å²) in [7, 11) is 1.59. The number of rotatable bonds is 5. The summed E-state index contributed by atoms with van der Waals surface area (Å²) in [6, 6.07) is 7.85. The van der Waals surface area contributed by atoms with Crippen molar-refractivity contribution in [2.75, 3.05) is 13.6 Å². The lowest BCUT2D eigenvalue weighted by Crippen LogP contribution is -2.29. The second kappa shape index (κ2) is 6.43. The van der Waals surface area contributed by atoms with Crippen molar-refractivity contribution >= 4 is 11.9 Å². The Hall–Kier alpha value is -2.63. The van der Waals surface area contributed by atoms with Crippen molar-refractivity contribution in [2.24, 2.45) is 0 Å². The number of carbonyl (C=O) groups excluding carboxylic acids is 1. The molecule has 1 N–H and O–H groups in total. The summed E-state index contributed by atoms with van der Waals surface area (Å²) in [5.41, 5.74) is 3.22. The van der Waals surface area contributed by atoms with E-state index in [9.17, 15) is 9.59 Å². The number of hydrogen-bond donors (Lipinski definition) is 1. The fraction of sp³-hybridized carbons (Fsp3) is 0.312. The molecule has 116 valence electrons. The Morgan fingerprint density at radius 1 is 1.32 bits per heavy atom. The van der Waals surface area contributed by atoms with E-state index in [-0.39, 0.29) is 18.9 Å². The zero-order valence-electron chi connectivity index (χ0n) is 12.9. The average molecular weight is 301 g/mol. The molecule has 0 aliphatic rings. The van der Waals surface area contributed by atoms with E-state index in [2.05, 4.69) is 5.10 Å². The van der Waals surface area contributed by atoms with Crippen LogP contribution in [-0.4, -0.2) is 45.3 Å². The first-order valence-corrected chi connectivity index (χ1v) is 6.99. The molecular formula is C16H19N3O3. The van der Waals surface area contributed by atoms with Gasteiger partial charge in [0, 0.05) is 13.6 Å². The van der Waals surface area contributed by atoms with Gasteiger partial charge in [0.25, 0.3) is 5.91 Å². The summed E-state index contributed by atoms with van der Waals surface area (Å²) in [5, 5.41) is 13.0. The number of carbonyl (C=O) groups is 2. The van der Waals surface area contributed by atoms with Gasteiger partial charge in [-0.25, -0.2) is 4.68 Å². The van der Waals surface area contributed by atoms with Gasteiger partial charge < -0.3 is 10.0 Å². The van der Waals surface area contributed by atoms with Crippen molar-refractivity contribution in [3.63, 3.8) is 0 Å². The lowest BCUT2D eigenvalue weighted by atomic mass is 10.2. The Morgan fingerprint density at radius 2 is 2.05 bits per heavy atom. The minimum atomic E-state index is -0.924. The van der Waals surface area contributed by atoms with Gasteiger partial charge in [0.2, 0.25) is 0 Å². The summed E-state index contributed by atoms with van der Waals surface area (Å²) < 4.78 is 1.71. The molecule has 2 aromatic rings. The molecule has 1 aromatic carbocycles. The number of aromatic nitrogens is 2. The molecule has 0 saturated heterocycles. The van der Waals surface area contributed by atoms with Crippen LogP contribution in [0.2, 0.25) is 0 Å². The molecule has 1 heterocycles. The first-order valence-electron chi connectivity index (χ1n) is 6.99. The predicted molar refractivity (Wildman–Crippen MR) is 82.3 cm³/mol. The third-order valence-electron chi connectivity index (χ3n) is 3.49. The van der Waals surface area contributed by atoms with Gasteiger partial charge in [0.1, 0.15) is 0 Å². The van der Waals surface area contributed by atoms with Gasteiger partial charge in [0.15, 0.2) is 0 Å². The van der Waals surface area contributed by atoms with E-state index < -0.39 is 5.97 Å². The molecule has 1 aromatic heterocycles. The lowest BCUT2D eigenvalue weighted by Gasteiger charge is -2.15. The number of hydrogen-bond acceptors (Lipinski definition) is 3. The van der Waals surface area contributed by atoms with Crippen molar-refractivity contribution in [1.29, 1.82) is 0 Å². The highest BCUT2D eigenvalue weighted by atomic mass is 16.4. The zero-order valence-corrected chi connectivity index (χ0v) is 12.9. The number of nitrogens with zero attached hydrogens (tertiary/aromatic N) is 3. The predicted octanol–water partition coefficient (Wildman–Crippen LogP) is 2.04. The number of carboxylic acids is 1. The van der Waals surface area contributed by atoms with E-state index in [4.69, 9.17) is 5.11 Å². The van der Waals surface area contributed by atoms with E-state index in [0.717, 1.165) is 16.9 Å². The topological polar surface area (TPSA) is 75.4 Å². The molecule has 0 bridgehead atoms. The molecule has 0 fully saturated rings. The van der Waals surface area contributed by atoms with Crippen molar-refractivity contribution in [3.05, 3.63) is 47.3 Å². The average Bonchev–Trinajstić information content (AvgIpc) is 2.85. The summed E-state index contributed by atoms with van der Waals surface area (Å²) in [5.74, 6) is -1.15. The molecule has 6 heteroatoms. The number of carboxylic acid groups (broad SMARTS) is 1. The Morgan fingerprint density at radius 3 is 2.68 bits per heavy atom. The van der Waals surface area contributed by atoms with E-state index in [1.165, 1.54) is 11.1 Å². The van der Waals surface area contributed by atoms with Crippen LogP contribution in [0.25, 0.3) is 5.69 Å². The molecule has 2 rings (SSSR count). The van der Waals surface area contributed by atoms with Crippen molar-refractivity contribution in [1.82, 2.24) is 14.7 Å².